The Morgan fingerprint density at radius 2 is 1.73 bits per heavy atom. The predicted molar refractivity (Wildman–Crippen MR) is 91.5 cm³/mol. The van der Waals surface area contributed by atoms with Crippen molar-refractivity contribution in [3.8, 4) is 0 Å². The topological polar surface area (TPSA) is 20.2 Å². The first kappa shape index (κ1) is 15.5. The highest BCUT2D eigenvalue weighted by atomic mass is 16.3. The largest absolute Gasteiger partial charge is 0.393 e. The highest BCUT2D eigenvalue weighted by molar-refractivity contribution is 5.10. The monoisotopic (exact) mass is 304 g/mol. The lowest BCUT2D eigenvalue weighted by Gasteiger charge is -2.60. The van der Waals surface area contributed by atoms with E-state index in [1.54, 1.807) is 0 Å². The zero-order valence-electron chi connectivity index (χ0n) is 15.0. The van der Waals surface area contributed by atoms with Gasteiger partial charge in [0.25, 0.3) is 0 Å². The molecule has 0 bridgehead atoms. The van der Waals surface area contributed by atoms with Crippen LogP contribution >= 0.6 is 0 Å². The lowest BCUT2D eigenvalue weighted by atomic mass is 9.45. The van der Waals surface area contributed by atoms with Gasteiger partial charge >= 0.3 is 0 Å². The number of hydrogen-bond acceptors (Lipinski definition) is 1. The quantitative estimate of drug-likeness (QED) is 0.686. The van der Waals surface area contributed by atoms with Gasteiger partial charge in [-0.3, -0.25) is 0 Å². The highest BCUT2D eigenvalue weighted by Crippen LogP contribution is 2.67. The fourth-order valence-electron chi connectivity index (χ4n) is 8.15. The van der Waals surface area contributed by atoms with Gasteiger partial charge in [0.1, 0.15) is 0 Å². The first-order valence-electron chi connectivity index (χ1n) is 10.2. The van der Waals surface area contributed by atoms with E-state index in [0.717, 1.165) is 30.1 Å². The molecule has 0 radical (unpaired) electrons. The molecule has 1 N–H and O–H groups in total. The molecule has 0 aromatic carbocycles. The van der Waals surface area contributed by atoms with Gasteiger partial charge in [0.05, 0.1) is 6.10 Å². The van der Waals surface area contributed by atoms with Crippen molar-refractivity contribution in [2.75, 3.05) is 0 Å². The molecule has 0 saturated heterocycles. The van der Waals surface area contributed by atoms with Crippen LogP contribution in [0.5, 0.6) is 0 Å². The van der Waals surface area contributed by atoms with Crippen LogP contribution in [0.15, 0.2) is 0 Å². The minimum absolute atomic E-state index is 0.0179. The summed E-state index contributed by atoms with van der Waals surface area (Å²) in [7, 11) is 0. The summed E-state index contributed by atoms with van der Waals surface area (Å²) in [6.07, 6.45) is 14.0. The zero-order chi connectivity index (χ0) is 15.5. The average Bonchev–Trinajstić information content (AvgIpc) is 2.76. The second-order valence-electron chi connectivity index (χ2n) is 9.77. The number of aliphatic hydroxyl groups excluding tert-OH is 1. The molecule has 1 nitrogen and oxygen atoms in total. The Balaban J connectivity index is 1.64. The van der Waals surface area contributed by atoms with Gasteiger partial charge in [-0.2, -0.15) is 0 Å². The van der Waals surface area contributed by atoms with Crippen LogP contribution in [0.4, 0.5) is 0 Å². The summed E-state index contributed by atoms with van der Waals surface area (Å²) in [5.74, 6) is 4.28. The summed E-state index contributed by atoms with van der Waals surface area (Å²) in [5, 5.41) is 10.7. The van der Waals surface area contributed by atoms with Gasteiger partial charge in [-0.05, 0) is 85.4 Å². The molecule has 0 spiro atoms. The first-order valence-corrected chi connectivity index (χ1v) is 10.2. The van der Waals surface area contributed by atoms with Crippen molar-refractivity contribution < 1.29 is 5.11 Å². The Bertz CT molecular complexity index is 426. The third kappa shape index (κ3) is 1.93. The number of rotatable bonds is 1. The minimum atomic E-state index is -0.0179. The maximum Gasteiger partial charge on any atom is 0.0576 e. The van der Waals surface area contributed by atoms with E-state index in [2.05, 4.69) is 20.8 Å². The molecule has 0 aliphatic heterocycles. The molecular weight excluding hydrogens is 268 g/mol. The summed E-state index contributed by atoms with van der Waals surface area (Å²) in [6.45, 7) is 7.49. The Hall–Kier alpha value is -0.0400. The van der Waals surface area contributed by atoms with E-state index in [9.17, 15) is 5.11 Å². The Kier molecular flexibility index (Phi) is 3.68. The average molecular weight is 305 g/mol. The van der Waals surface area contributed by atoms with Gasteiger partial charge < -0.3 is 5.11 Å². The van der Waals surface area contributed by atoms with E-state index in [1.165, 1.54) is 57.8 Å². The van der Waals surface area contributed by atoms with E-state index in [-0.39, 0.29) is 6.10 Å². The first-order chi connectivity index (χ1) is 10.5. The van der Waals surface area contributed by atoms with Gasteiger partial charge in [-0.15, -0.1) is 0 Å². The van der Waals surface area contributed by atoms with Crippen LogP contribution in [0.1, 0.15) is 85.0 Å². The summed E-state index contributed by atoms with van der Waals surface area (Å²) in [4.78, 5) is 0. The molecule has 0 aromatic rings. The lowest BCUT2D eigenvalue weighted by molar-refractivity contribution is -0.111. The standard InChI is InChI=1S/C21H36O/c1-4-16-19(22)13-18-15-9-8-14-7-5-6-11-20(14,2)17(15)10-12-21(16,18)3/h14-19,22H,4-13H2,1-3H3/t14?,15-,16+,17+,18+,19-,20+,21-/m1/s1. The second kappa shape index (κ2) is 5.23. The Labute approximate surface area is 137 Å². The third-order valence-electron chi connectivity index (χ3n) is 9.27. The SMILES string of the molecule is CC[C@H]1[C@H](O)C[C@H]2[C@@H]3CCC4CCCC[C@]4(C)[C@H]3CC[C@@]21C. The van der Waals surface area contributed by atoms with Crippen LogP contribution < -0.4 is 0 Å². The normalized spacial score (nSPS) is 57.8. The molecule has 4 aliphatic rings. The van der Waals surface area contributed by atoms with Gasteiger partial charge in [0, 0.05) is 0 Å². The Morgan fingerprint density at radius 1 is 0.909 bits per heavy atom. The van der Waals surface area contributed by atoms with Crippen molar-refractivity contribution in [3.63, 3.8) is 0 Å². The van der Waals surface area contributed by atoms with Crippen LogP contribution in [-0.4, -0.2) is 11.2 Å². The van der Waals surface area contributed by atoms with Crippen molar-refractivity contribution in [1.82, 2.24) is 0 Å². The van der Waals surface area contributed by atoms with Crippen molar-refractivity contribution >= 4 is 0 Å². The van der Waals surface area contributed by atoms with Gasteiger partial charge in [0.2, 0.25) is 0 Å². The van der Waals surface area contributed by atoms with Crippen LogP contribution in [0, 0.1) is 40.4 Å². The molecule has 4 rings (SSSR count). The summed E-state index contributed by atoms with van der Waals surface area (Å²) < 4.78 is 0. The fraction of sp³-hybridized carbons (Fsp3) is 1.00. The van der Waals surface area contributed by atoms with Crippen molar-refractivity contribution in [1.29, 1.82) is 0 Å². The van der Waals surface area contributed by atoms with Crippen molar-refractivity contribution in [3.05, 3.63) is 0 Å². The summed E-state index contributed by atoms with van der Waals surface area (Å²) in [6, 6.07) is 0. The second-order valence-corrected chi connectivity index (χ2v) is 9.77. The molecule has 4 fully saturated rings. The van der Waals surface area contributed by atoms with Crippen LogP contribution in [0.2, 0.25) is 0 Å². The molecule has 1 heteroatoms. The van der Waals surface area contributed by atoms with Gasteiger partial charge in [0.15, 0.2) is 0 Å². The van der Waals surface area contributed by atoms with E-state index < -0.39 is 0 Å². The maximum absolute atomic E-state index is 10.7. The van der Waals surface area contributed by atoms with Crippen molar-refractivity contribution in [2.24, 2.45) is 40.4 Å². The van der Waals surface area contributed by atoms with E-state index in [4.69, 9.17) is 0 Å². The fourth-order valence-corrected chi connectivity index (χ4v) is 8.15. The van der Waals surface area contributed by atoms with E-state index in [0.29, 0.717) is 16.7 Å². The van der Waals surface area contributed by atoms with Gasteiger partial charge in [-0.1, -0.05) is 40.0 Å². The molecule has 0 heterocycles. The number of aliphatic hydroxyl groups is 1. The molecule has 1 unspecified atom stereocenters. The molecule has 4 saturated carbocycles. The number of hydrogen-bond donors (Lipinski definition) is 1. The molecule has 4 aliphatic carbocycles. The minimum Gasteiger partial charge on any atom is -0.393 e. The van der Waals surface area contributed by atoms with Crippen LogP contribution in [0.25, 0.3) is 0 Å². The van der Waals surface area contributed by atoms with E-state index >= 15 is 0 Å². The molecule has 126 valence electrons. The third-order valence-corrected chi connectivity index (χ3v) is 9.27. The van der Waals surface area contributed by atoms with Gasteiger partial charge in [-0.25, -0.2) is 0 Å². The predicted octanol–water partition coefficient (Wildman–Crippen LogP) is 5.42. The van der Waals surface area contributed by atoms with Crippen LogP contribution in [-0.2, 0) is 0 Å². The Morgan fingerprint density at radius 3 is 2.50 bits per heavy atom. The zero-order valence-corrected chi connectivity index (χ0v) is 15.0. The smallest absolute Gasteiger partial charge is 0.0576 e. The summed E-state index contributed by atoms with van der Waals surface area (Å²) in [5.41, 5.74) is 1.07. The van der Waals surface area contributed by atoms with E-state index in [1.807, 2.05) is 0 Å². The molecule has 0 amide bonds. The van der Waals surface area contributed by atoms with Crippen LogP contribution in [0.3, 0.4) is 0 Å². The molecule has 22 heavy (non-hydrogen) atoms. The summed E-state index contributed by atoms with van der Waals surface area (Å²) >= 11 is 0. The maximum atomic E-state index is 10.7. The lowest BCUT2D eigenvalue weighted by Crippen LogP contribution is -2.52. The molecular formula is C21H36O. The molecule has 0 aromatic heterocycles. The molecule has 8 atom stereocenters. The number of fused-ring (bicyclic) bond motifs is 5. The van der Waals surface area contributed by atoms with Crippen molar-refractivity contribution in [2.45, 2.75) is 91.1 Å². The highest BCUT2D eigenvalue weighted by Gasteiger charge is 2.61.